The summed E-state index contributed by atoms with van der Waals surface area (Å²) in [6.07, 6.45) is 1.73. The number of Topliss-reactive ketones (excluding diaryl/α,β-unsaturated/α-hetero) is 2. The minimum absolute atomic E-state index is 0.207. The molecule has 4 aromatic rings. The van der Waals surface area contributed by atoms with Crippen molar-refractivity contribution in [2.24, 2.45) is 0 Å². The summed E-state index contributed by atoms with van der Waals surface area (Å²) in [5, 5.41) is 40.6. The van der Waals surface area contributed by atoms with Crippen molar-refractivity contribution in [2.75, 3.05) is 0 Å². The molecule has 7 nitrogen and oxygen atoms in total. The summed E-state index contributed by atoms with van der Waals surface area (Å²) in [6, 6.07) is 17.2. The van der Waals surface area contributed by atoms with E-state index >= 15 is 0 Å². The third-order valence-corrected chi connectivity index (χ3v) is 5.98. The van der Waals surface area contributed by atoms with Crippen LogP contribution in [0.2, 0.25) is 0 Å². The van der Waals surface area contributed by atoms with Gasteiger partial charge in [0.05, 0.1) is 21.6 Å². The highest BCUT2D eigenvalue weighted by Crippen LogP contribution is 2.26. The summed E-state index contributed by atoms with van der Waals surface area (Å²) < 4.78 is 5.23. The summed E-state index contributed by atoms with van der Waals surface area (Å²) in [4.78, 5) is 24.3. The van der Waals surface area contributed by atoms with Crippen LogP contribution in [0.4, 0.5) is 0 Å². The largest absolute Gasteiger partial charge is 0.512 e. The van der Waals surface area contributed by atoms with Gasteiger partial charge in [0.1, 0.15) is 12.0 Å². The number of ketones is 2. The van der Waals surface area contributed by atoms with Crippen LogP contribution in [-0.4, -0.2) is 32.0 Å². The van der Waals surface area contributed by atoms with Crippen LogP contribution in [0, 0.1) is 0 Å². The van der Waals surface area contributed by atoms with Gasteiger partial charge in [-0.2, -0.15) is 0 Å². The van der Waals surface area contributed by atoms with Crippen molar-refractivity contribution in [1.29, 1.82) is 0 Å². The lowest BCUT2D eigenvalue weighted by atomic mass is 10.1. The molecule has 0 saturated heterocycles. The average molecular weight is 483 g/mol. The van der Waals surface area contributed by atoms with E-state index < -0.39 is 23.1 Å². The zero-order chi connectivity index (χ0) is 23.8. The number of carbonyl (C=O) groups is 2. The molecule has 0 spiro atoms. The fourth-order valence-corrected chi connectivity index (χ4v) is 3.99. The van der Waals surface area contributed by atoms with Crippen molar-refractivity contribution < 1.29 is 34.4 Å². The molecule has 0 atom stereocenters. The highest BCUT2D eigenvalue weighted by molar-refractivity contribution is 7.12. The molecule has 3 heterocycles. The molecule has 1 aromatic carbocycles. The molecule has 4 N–H and O–H groups in total. The Morgan fingerprint density at radius 3 is 2.00 bits per heavy atom. The Balaban J connectivity index is 0.000000186. The van der Waals surface area contributed by atoms with Crippen LogP contribution < -0.4 is 0 Å². The Morgan fingerprint density at radius 2 is 1.42 bits per heavy atom. The molecule has 0 amide bonds. The molecule has 0 radical (unpaired) electrons. The first-order valence-corrected chi connectivity index (χ1v) is 11.1. The zero-order valence-corrected chi connectivity index (χ0v) is 18.5. The average Bonchev–Trinajstić information content (AvgIpc) is 3.65. The first kappa shape index (κ1) is 23.6. The normalized spacial score (nSPS) is 11.8. The molecule has 168 valence electrons. The van der Waals surface area contributed by atoms with E-state index in [2.05, 4.69) is 0 Å². The molecule has 33 heavy (non-hydrogen) atoms. The smallest absolute Gasteiger partial charge is 0.241 e. The van der Waals surface area contributed by atoms with E-state index in [-0.39, 0.29) is 11.3 Å². The lowest BCUT2D eigenvalue weighted by molar-refractivity contribution is 0.0967. The number of aliphatic hydroxyl groups excluding tert-OH is 4. The highest BCUT2D eigenvalue weighted by Gasteiger charge is 2.20. The van der Waals surface area contributed by atoms with Gasteiger partial charge in [-0.25, -0.2) is 0 Å². The molecule has 0 fully saturated rings. The van der Waals surface area contributed by atoms with E-state index in [4.69, 9.17) is 9.52 Å². The van der Waals surface area contributed by atoms with Gasteiger partial charge in [0.15, 0.2) is 11.5 Å². The molecule has 0 saturated carbocycles. The number of furan rings is 1. The number of allylic oxidation sites excluding steroid dienone is 2. The highest BCUT2D eigenvalue weighted by atomic mass is 32.1. The zero-order valence-electron chi connectivity index (χ0n) is 16.9. The minimum atomic E-state index is -0.719. The number of carbonyl (C=O) groups excluding carboxylic acids is 2. The molecule has 3 aromatic heterocycles. The second-order valence-electron chi connectivity index (χ2n) is 6.35. The Kier molecular flexibility index (Phi) is 7.85. The first-order chi connectivity index (χ1) is 15.9. The van der Waals surface area contributed by atoms with Crippen LogP contribution in [0.15, 0.2) is 99.9 Å². The molecule has 0 bridgehead atoms. The van der Waals surface area contributed by atoms with Crippen LogP contribution in [0.25, 0.3) is 17.1 Å². The van der Waals surface area contributed by atoms with Gasteiger partial charge in [0.25, 0.3) is 0 Å². The minimum Gasteiger partial charge on any atom is -0.512 e. The van der Waals surface area contributed by atoms with E-state index in [0.717, 1.165) is 5.56 Å². The lowest BCUT2D eigenvalue weighted by Gasteiger charge is -2.00. The van der Waals surface area contributed by atoms with Crippen LogP contribution in [0.5, 0.6) is 0 Å². The van der Waals surface area contributed by atoms with E-state index in [0.29, 0.717) is 21.8 Å². The van der Waals surface area contributed by atoms with Crippen LogP contribution >= 0.6 is 22.7 Å². The maximum absolute atomic E-state index is 11.7. The molecular formula is C24H18O7S2. The third kappa shape index (κ3) is 5.59. The summed E-state index contributed by atoms with van der Waals surface area (Å²) in [6.45, 7) is 0. The van der Waals surface area contributed by atoms with Gasteiger partial charge >= 0.3 is 0 Å². The van der Waals surface area contributed by atoms with Gasteiger partial charge in [-0.1, -0.05) is 42.5 Å². The molecule has 4 rings (SSSR count). The maximum atomic E-state index is 11.7. The summed E-state index contributed by atoms with van der Waals surface area (Å²) in [7, 11) is 0. The first-order valence-electron chi connectivity index (χ1n) is 9.39. The SMILES string of the molecule is O=C(C(O)=C(O)c1cccs1)c1cccs1.O=C(C(O)=CO)c1ccoc1-c1ccccc1. The Morgan fingerprint density at radius 1 is 0.788 bits per heavy atom. The summed E-state index contributed by atoms with van der Waals surface area (Å²) in [5.41, 5.74) is 0.936. The van der Waals surface area contributed by atoms with Gasteiger partial charge in [-0.05, 0) is 29.0 Å². The topological polar surface area (TPSA) is 128 Å². The van der Waals surface area contributed by atoms with E-state index in [1.807, 2.05) is 18.2 Å². The number of hydrogen-bond acceptors (Lipinski definition) is 9. The standard InChI is InChI=1S/C13H10O4.C11H8O3S2/c14-8-11(15)12(16)10-6-7-17-13(10)9-4-2-1-3-5-9;12-9(7-3-1-5-15-7)11(14)10(13)8-4-2-6-16-8/h1-8,14-15H;1-6,12,14H. The van der Waals surface area contributed by atoms with Gasteiger partial charge in [0.2, 0.25) is 17.3 Å². The van der Waals surface area contributed by atoms with Crippen LogP contribution in [0.3, 0.4) is 0 Å². The predicted octanol–water partition coefficient (Wildman–Crippen LogP) is 6.56. The number of benzene rings is 1. The van der Waals surface area contributed by atoms with E-state index in [1.165, 1.54) is 35.0 Å². The van der Waals surface area contributed by atoms with Gasteiger partial charge in [-0.15, -0.1) is 22.7 Å². The molecule has 0 aliphatic rings. The van der Waals surface area contributed by atoms with E-state index in [1.54, 1.807) is 47.2 Å². The van der Waals surface area contributed by atoms with Crippen molar-refractivity contribution in [3.05, 3.63) is 111 Å². The molecule has 0 aliphatic heterocycles. The Hall–Kier alpha value is -4.08. The van der Waals surface area contributed by atoms with Gasteiger partial charge < -0.3 is 24.8 Å². The van der Waals surface area contributed by atoms with Gasteiger partial charge in [0, 0.05) is 5.56 Å². The molecule has 9 heteroatoms. The van der Waals surface area contributed by atoms with Crippen molar-refractivity contribution in [3.63, 3.8) is 0 Å². The fraction of sp³-hybridized carbons (Fsp3) is 0. The number of aliphatic hydroxyl groups is 4. The number of rotatable bonds is 6. The fourth-order valence-electron chi connectivity index (χ4n) is 2.66. The lowest BCUT2D eigenvalue weighted by Crippen LogP contribution is -2.03. The second-order valence-corrected chi connectivity index (χ2v) is 8.25. The predicted molar refractivity (Wildman–Crippen MR) is 127 cm³/mol. The summed E-state index contributed by atoms with van der Waals surface area (Å²) >= 11 is 2.48. The maximum Gasteiger partial charge on any atom is 0.241 e. The quantitative estimate of drug-likeness (QED) is 0.139. The van der Waals surface area contributed by atoms with Crippen molar-refractivity contribution in [2.45, 2.75) is 0 Å². The van der Waals surface area contributed by atoms with E-state index in [9.17, 15) is 24.9 Å². The molecule has 0 unspecified atom stereocenters. The van der Waals surface area contributed by atoms with Crippen molar-refractivity contribution >= 4 is 40.0 Å². The monoisotopic (exact) mass is 482 g/mol. The van der Waals surface area contributed by atoms with Crippen molar-refractivity contribution in [3.8, 4) is 11.3 Å². The van der Waals surface area contributed by atoms with Crippen LogP contribution in [-0.2, 0) is 0 Å². The third-order valence-electron chi connectivity index (χ3n) is 4.24. The van der Waals surface area contributed by atoms with Crippen molar-refractivity contribution in [1.82, 2.24) is 0 Å². The van der Waals surface area contributed by atoms with Gasteiger partial charge in [-0.3, -0.25) is 9.59 Å². The second kappa shape index (κ2) is 11.0. The Bertz CT molecular complexity index is 1270. The number of hydrogen-bond donors (Lipinski definition) is 4. The summed E-state index contributed by atoms with van der Waals surface area (Å²) in [5.74, 6) is -2.56. The molecular weight excluding hydrogens is 464 g/mol. The number of thiophene rings is 2. The molecule has 0 aliphatic carbocycles. The Labute approximate surface area is 196 Å². The van der Waals surface area contributed by atoms with Crippen LogP contribution in [0.1, 0.15) is 24.9 Å².